The van der Waals surface area contributed by atoms with E-state index in [-0.39, 0.29) is 11.9 Å². The highest BCUT2D eigenvalue weighted by atomic mass is 32.2. The number of thioether (sulfide) groups is 1. The minimum atomic E-state index is 0.0725. The van der Waals surface area contributed by atoms with Gasteiger partial charge < -0.3 is 18.9 Å². The van der Waals surface area contributed by atoms with Crippen molar-refractivity contribution < 1.29 is 14.3 Å². The van der Waals surface area contributed by atoms with Crippen LogP contribution < -0.4 is 9.47 Å². The van der Waals surface area contributed by atoms with Crippen LogP contribution >= 0.6 is 11.8 Å². The first-order chi connectivity index (χ1) is 15.2. The molecule has 2 aromatic carbocycles. The lowest BCUT2D eigenvalue weighted by Crippen LogP contribution is -2.32. The molecule has 3 heterocycles. The monoisotopic (exact) mass is 436 g/mol. The van der Waals surface area contributed by atoms with Gasteiger partial charge in [-0.05, 0) is 30.5 Å². The summed E-state index contributed by atoms with van der Waals surface area (Å²) in [5, 5.41) is 9.34. The van der Waals surface area contributed by atoms with Gasteiger partial charge in [0.2, 0.25) is 5.91 Å². The Hall–Kier alpha value is -3.00. The van der Waals surface area contributed by atoms with E-state index in [4.69, 9.17) is 9.47 Å². The van der Waals surface area contributed by atoms with E-state index in [0.29, 0.717) is 19.0 Å². The molecule has 160 valence electrons. The molecule has 8 heteroatoms. The standard InChI is InChI=1S/C23H24N4O3S/c1-26-22(16-6-3-2-4-7-16)24-25-23(26)31-15-21(28)27-11-5-8-18(27)17-9-10-19-20(14-17)30-13-12-29-19/h2-4,6-7,9-10,14,18H,5,8,11-13,15H2,1H3/t18-/m1/s1. The summed E-state index contributed by atoms with van der Waals surface area (Å²) in [6.07, 6.45) is 1.95. The topological polar surface area (TPSA) is 69.5 Å². The highest BCUT2D eigenvalue weighted by molar-refractivity contribution is 7.99. The third kappa shape index (κ3) is 3.99. The fourth-order valence-corrected chi connectivity index (χ4v) is 4.96. The molecule has 1 fully saturated rings. The zero-order valence-electron chi connectivity index (χ0n) is 17.4. The Labute approximate surface area is 185 Å². The molecule has 0 saturated carbocycles. The maximum absolute atomic E-state index is 13.1. The highest BCUT2D eigenvalue weighted by Crippen LogP contribution is 2.38. The molecule has 1 aromatic heterocycles. The van der Waals surface area contributed by atoms with Crippen molar-refractivity contribution in [2.24, 2.45) is 7.05 Å². The third-order valence-corrected chi connectivity index (χ3v) is 6.72. The molecule has 0 aliphatic carbocycles. The number of hydrogen-bond donors (Lipinski definition) is 0. The molecule has 3 aromatic rings. The number of rotatable bonds is 5. The van der Waals surface area contributed by atoms with Crippen molar-refractivity contribution in [3.05, 3.63) is 54.1 Å². The molecule has 0 spiro atoms. The highest BCUT2D eigenvalue weighted by Gasteiger charge is 2.31. The average Bonchev–Trinajstić information content (AvgIpc) is 3.45. The summed E-state index contributed by atoms with van der Waals surface area (Å²) in [6, 6.07) is 16.0. The molecule has 5 rings (SSSR count). The van der Waals surface area contributed by atoms with Gasteiger partial charge in [-0.1, -0.05) is 48.2 Å². The van der Waals surface area contributed by atoms with Gasteiger partial charge in [0.1, 0.15) is 13.2 Å². The van der Waals surface area contributed by atoms with Crippen molar-refractivity contribution in [2.75, 3.05) is 25.5 Å². The van der Waals surface area contributed by atoms with Gasteiger partial charge in [-0.2, -0.15) is 0 Å². The van der Waals surface area contributed by atoms with Crippen LogP contribution in [0.5, 0.6) is 11.5 Å². The molecular formula is C23H24N4O3S. The predicted octanol–water partition coefficient (Wildman–Crippen LogP) is 3.71. The van der Waals surface area contributed by atoms with Gasteiger partial charge in [0, 0.05) is 19.2 Å². The van der Waals surface area contributed by atoms with Crippen LogP contribution in [-0.2, 0) is 11.8 Å². The molecule has 2 aliphatic rings. The van der Waals surface area contributed by atoms with Gasteiger partial charge >= 0.3 is 0 Å². The van der Waals surface area contributed by atoms with Gasteiger partial charge in [0.25, 0.3) is 0 Å². The van der Waals surface area contributed by atoms with Crippen molar-refractivity contribution in [3.63, 3.8) is 0 Å². The number of likely N-dealkylation sites (tertiary alicyclic amines) is 1. The predicted molar refractivity (Wildman–Crippen MR) is 118 cm³/mol. The number of amides is 1. The van der Waals surface area contributed by atoms with Crippen molar-refractivity contribution >= 4 is 17.7 Å². The minimum Gasteiger partial charge on any atom is -0.486 e. The Morgan fingerprint density at radius 1 is 1.10 bits per heavy atom. The van der Waals surface area contributed by atoms with Gasteiger partial charge in [-0.25, -0.2) is 0 Å². The smallest absolute Gasteiger partial charge is 0.233 e. The molecule has 1 amide bonds. The number of benzene rings is 2. The largest absolute Gasteiger partial charge is 0.486 e. The van der Waals surface area contributed by atoms with Crippen molar-refractivity contribution in [1.29, 1.82) is 0 Å². The Morgan fingerprint density at radius 2 is 1.90 bits per heavy atom. The summed E-state index contributed by atoms with van der Waals surface area (Å²) in [6.45, 7) is 1.90. The molecule has 0 radical (unpaired) electrons. The first-order valence-corrected chi connectivity index (χ1v) is 11.5. The summed E-state index contributed by atoms with van der Waals surface area (Å²) < 4.78 is 13.3. The SMILES string of the molecule is Cn1c(SCC(=O)N2CCC[C@@H]2c2ccc3c(c2)OCCO3)nnc1-c1ccccc1. The molecular weight excluding hydrogens is 412 g/mol. The Kier molecular flexibility index (Phi) is 5.55. The minimum absolute atomic E-state index is 0.0725. The van der Waals surface area contributed by atoms with Crippen LogP contribution in [0.15, 0.2) is 53.7 Å². The van der Waals surface area contributed by atoms with Gasteiger partial charge in [-0.3, -0.25) is 4.79 Å². The lowest BCUT2D eigenvalue weighted by molar-refractivity contribution is -0.129. The lowest BCUT2D eigenvalue weighted by Gasteiger charge is -2.26. The Morgan fingerprint density at radius 3 is 2.74 bits per heavy atom. The van der Waals surface area contributed by atoms with E-state index < -0.39 is 0 Å². The van der Waals surface area contributed by atoms with E-state index in [2.05, 4.69) is 10.2 Å². The molecule has 1 saturated heterocycles. The van der Waals surface area contributed by atoms with E-state index in [0.717, 1.165) is 53.0 Å². The van der Waals surface area contributed by atoms with E-state index in [9.17, 15) is 4.79 Å². The fraction of sp³-hybridized carbons (Fsp3) is 0.348. The second kappa shape index (κ2) is 8.63. The molecule has 1 atom stereocenters. The quantitative estimate of drug-likeness (QED) is 0.568. The van der Waals surface area contributed by atoms with Crippen LogP contribution in [0, 0.1) is 0 Å². The summed E-state index contributed by atoms with van der Waals surface area (Å²) >= 11 is 1.43. The molecule has 0 N–H and O–H groups in total. The van der Waals surface area contributed by atoms with Gasteiger partial charge in [-0.15, -0.1) is 10.2 Å². The van der Waals surface area contributed by atoms with Gasteiger partial charge in [0.15, 0.2) is 22.5 Å². The van der Waals surface area contributed by atoms with Crippen molar-refractivity contribution in [2.45, 2.75) is 24.0 Å². The van der Waals surface area contributed by atoms with Crippen LogP contribution in [0.4, 0.5) is 0 Å². The second-order valence-corrected chi connectivity index (χ2v) is 8.61. The number of hydrogen-bond acceptors (Lipinski definition) is 6. The van der Waals surface area contributed by atoms with E-state index in [1.165, 1.54) is 11.8 Å². The summed E-state index contributed by atoms with van der Waals surface area (Å²) in [5.74, 6) is 2.79. The number of carbonyl (C=O) groups is 1. The number of fused-ring (bicyclic) bond motifs is 1. The third-order valence-electron chi connectivity index (χ3n) is 5.72. The van der Waals surface area contributed by atoms with Gasteiger partial charge in [0.05, 0.1) is 11.8 Å². The summed E-state index contributed by atoms with van der Waals surface area (Å²) in [7, 11) is 1.93. The number of ether oxygens (including phenoxy) is 2. The first-order valence-electron chi connectivity index (χ1n) is 10.5. The zero-order chi connectivity index (χ0) is 21.2. The maximum atomic E-state index is 13.1. The average molecular weight is 437 g/mol. The van der Waals surface area contributed by atoms with Crippen LogP contribution in [-0.4, -0.2) is 51.1 Å². The lowest BCUT2D eigenvalue weighted by atomic mass is 10.0. The first kappa shape index (κ1) is 19.9. The van der Waals surface area contributed by atoms with Crippen molar-refractivity contribution in [3.8, 4) is 22.9 Å². The molecule has 0 bridgehead atoms. The van der Waals surface area contributed by atoms with E-state index in [1.807, 2.05) is 65.0 Å². The molecule has 0 unspecified atom stereocenters. The maximum Gasteiger partial charge on any atom is 0.233 e. The van der Waals surface area contributed by atoms with Crippen LogP contribution in [0.25, 0.3) is 11.4 Å². The van der Waals surface area contributed by atoms with Crippen LogP contribution in [0.2, 0.25) is 0 Å². The Balaban J connectivity index is 1.27. The second-order valence-electron chi connectivity index (χ2n) is 7.67. The number of nitrogens with zero attached hydrogens (tertiary/aromatic N) is 4. The normalized spacial score (nSPS) is 17.7. The fourth-order valence-electron chi connectivity index (χ4n) is 4.17. The number of carbonyl (C=O) groups excluding carboxylic acids is 1. The Bertz CT molecular complexity index is 1090. The number of aromatic nitrogens is 3. The zero-order valence-corrected chi connectivity index (χ0v) is 18.2. The summed E-state index contributed by atoms with van der Waals surface area (Å²) in [5.41, 5.74) is 2.11. The van der Waals surface area contributed by atoms with E-state index >= 15 is 0 Å². The van der Waals surface area contributed by atoms with Crippen LogP contribution in [0.1, 0.15) is 24.4 Å². The van der Waals surface area contributed by atoms with E-state index in [1.54, 1.807) is 0 Å². The molecule has 2 aliphatic heterocycles. The summed E-state index contributed by atoms with van der Waals surface area (Å²) in [4.78, 5) is 15.0. The van der Waals surface area contributed by atoms with Crippen molar-refractivity contribution in [1.82, 2.24) is 19.7 Å². The molecule has 7 nitrogen and oxygen atoms in total. The van der Waals surface area contributed by atoms with Crippen LogP contribution in [0.3, 0.4) is 0 Å². The molecule has 31 heavy (non-hydrogen) atoms.